The predicted molar refractivity (Wildman–Crippen MR) is 117 cm³/mol. The molecule has 2 aromatic heterocycles. The summed E-state index contributed by atoms with van der Waals surface area (Å²) in [5, 5.41) is 18.2. The molecule has 152 valence electrons. The quantitative estimate of drug-likeness (QED) is 0.508. The summed E-state index contributed by atoms with van der Waals surface area (Å²) in [6.45, 7) is 6.83. The van der Waals surface area contributed by atoms with Gasteiger partial charge in [-0.1, -0.05) is 56.3 Å². The highest BCUT2D eigenvalue weighted by Crippen LogP contribution is 2.26. The second kappa shape index (κ2) is 8.06. The van der Waals surface area contributed by atoms with Gasteiger partial charge in [0.2, 0.25) is 0 Å². The number of fused-ring (bicyclic) bond motifs is 1. The Morgan fingerprint density at radius 2 is 1.63 bits per heavy atom. The summed E-state index contributed by atoms with van der Waals surface area (Å²) in [5.41, 5.74) is 6.90. The first-order valence-electron chi connectivity index (χ1n) is 10.2. The van der Waals surface area contributed by atoms with Crippen LogP contribution in [0.5, 0.6) is 0 Å². The monoisotopic (exact) mass is 400 g/mol. The maximum absolute atomic E-state index is 11.5. The molecule has 2 aromatic carbocycles. The number of carboxylic acids is 1. The first-order valence-corrected chi connectivity index (χ1v) is 10.2. The second-order valence-electron chi connectivity index (χ2n) is 7.29. The van der Waals surface area contributed by atoms with E-state index in [4.69, 9.17) is 4.98 Å². The Balaban J connectivity index is 1.72. The van der Waals surface area contributed by atoms with E-state index in [1.807, 2.05) is 43.3 Å². The van der Waals surface area contributed by atoms with Gasteiger partial charge < -0.3 is 9.67 Å². The molecule has 1 N–H and O–H groups in total. The van der Waals surface area contributed by atoms with Crippen LogP contribution < -0.4 is 0 Å². The Hall–Kier alpha value is -3.54. The average Bonchev–Trinajstić information content (AvgIpc) is 3.09. The lowest BCUT2D eigenvalue weighted by molar-refractivity contribution is 0.0697. The van der Waals surface area contributed by atoms with Crippen molar-refractivity contribution in [2.24, 2.45) is 0 Å². The maximum Gasteiger partial charge on any atom is 0.336 e. The van der Waals surface area contributed by atoms with Gasteiger partial charge in [0, 0.05) is 6.54 Å². The van der Waals surface area contributed by atoms with Gasteiger partial charge in [-0.25, -0.2) is 9.78 Å². The van der Waals surface area contributed by atoms with Crippen molar-refractivity contribution in [2.75, 3.05) is 0 Å². The maximum atomic E-state index is 11.5. The van der Waals surface area contributed by atoms with Gasteiger partial charge in [0.25, 0.3) is 0 Å². The molecule has 0 atom stereocenters. The fourth-order valence-corrected chi connectivity index (χ4v) is 3.84. The van der Waals surface area contributed by atoms with Gasteiger partial charge in [0.15, 0.2) is 0 Å². The SMILES string of the molecule is CCc1nnc(CC)c2c1nc(C)n2Cc1ccc(-c2ccccc2C(=O)O)cc1. The Labute approximate surface area is 175 Å². The molecule has 4 rings (SSSR count). The summed E-state index contributed by atoms with van der Waals surface area (Å²) in [6.07, 6.45) is 1.59. The molecule has 0 aliphatic rings. The normalized spacial score (nSPS) is 11.2. The summed E-state index contributed by atoms with van der Waals surface area (Å²) in [4.78, 5) is 16.3. The van der Waals surface area contributed by atoms with Crippen LogP contribution in [0.2, 0.25) is 0 Å². The van der Waals surface area contributed by atoms with Crippen molar-refractivity contribution in [3.63, 3.8) is 0 Å². The van der Waals surface area contributed by atoms with E-state index in [9.17, 15) is 9.90 Å². The van der Waals surface area contributed by atoms with E-state index in [-0.39, 0.29) is 0 Å². The number of hydrogen-bond donors (Lipinski definition) is 1. The van der Waals surface area contributed by atoms with Crippen molar-refractivity contribution < 1.29 is 9.90 Å². The molecule has 0 radical (unpaired) electrons. The van der Waals surface area contributed by atoms with Crippen LogP contribution in [-0.2, 0) is 19.4 Å². The molecule has 0 saturated heterocycles. The number of nitrogens with zero attached hydrogens (tertiary/aromatic N) is 4. The fourth-order valence-electron chi connectivity index (χ4n) is 3.84. The molecule has 30 heavy (non-hydrogen) atoms. The largest absolute Gasteiger partial charge is 0.478 e. The molecule has 0 aliphatic heterocycles. The van der Waals surface area contributed by atoms with Crippen LogP contribution in [0, 0.1) is 6.92 Å². The van der Waals surface area contributed by atoms with E-state index in [0.29, 0.717) is 12.1 Å². The fraction of sp³-hybridized carbons (Fsp3) is 0.250. The van der Waals surface area contributed by atoms with Crippen molar-refractivity contribution in [1.82, 2.24) is 19.7 Å². The Bertz CT molecular complexity index is 1230. The second-order valence-corrected chi connectivity index (χ2v) is 7.29. The van der Waals surface area contributed by atoms with Gasteiger partial charge in [-0.05, 0) is 42.5 Å². The van der Waals surface area contributed by atoms with Gasteiger partial charge in [0.1, 0.15) is 11.3 Å². The molecular weight excluding hydrogens is 376 g/mol. The van der Waals surface area contributed by atoms with Crippen LogP contribution in [0.25, 0.3) is 22.2 Å². The number of carboxylic acid groups (broad SMARTS) is 1. The van der Waals surface area contributed by atoms with Crippen molar-refractivity contribution in [1.29, 1.82) is 0 Å². The lowest BCUT2D eigenvalue weighted by Gasteiger charge is -2.11. The third kappa shape index (κ3) is 3.45. The van der Waals surface area contributed by atoms with Crippen LogP contribution in [0.4, 0.5) is 0 Å². The van der Waals surface area contributed by atoms with Crippen LogP contribution in [-0.4, -0.2) is 30.8 Å². The van der Waals surface area contributed by atoms with Crippen LogP contribution in [0.1, 0.15) is 47.0 Å². The average molecular weight is 400 g/mol. The van der Waals surface area contributed by atoms with Gasteiger partial charge in [-0.3, -0.25) is 0 Å². The minimum absolute atomic E-state index is 0.306. The smallest absolute Gasteiger partial charge is 0.336 e. The van der Waals surface area contributed by atoms with Crippen LogP contribution in [0.15, 0.2) is 48.5 Å². The number of benzene rings is 2. The molecular formula is C24H24N4O2. The van der Waals surface area contributed by atoms with Crippen molar-refractivity contribution in [3.05, 3.63) is 76.9 Å². The van der Waals surface area contributed by atoms with Crippen LogP contribution in [0.3, 0.4) is 0 Å². The number of imidazole rings is 1. The molecule has 0 aliphatic carbocycles. The first kappa shape index (κ1) is 19.8. The molecule has 0 bridgehead atoms. The van der Waals surface area contributed by atoms with E-state index in [1.54, 1.807) is 12.1 Å². The number of carbonyl (C=O) groups is 1. The molecule has 0 fully saturated rings. The zero-order chi connectivity index (χ0) is 21.3. The third-order valence-corrected chi connectivity index (χ3v) is 5.43. The molecule has 6 heteroatoms. The van der Waals surface area contributed by atoms with Gasteiger partial charge in [0.05, 0.1) is 22.5 Å². The standard InChI is InChI=1S/C24H24N4O2/c1-4-20-22-23(21(5-2)27-26-20)28(15(3)25-22)14-16-10-12-17(13-11-16)18-8-6-7-9-19(18)24(29)30/h6-13H,4-5,14H2,1-3H3,(H,29,30). The first-order chi connectivity index (χ1) is 14.5. The molecule has 0 unspecified atom stereocenters. The van der Waals surface area contributed by atoms with E-state index < -0.39 is 5.97 Å². The van der Waals surface area contributed by atoms with Gasteiger partial charge in [-0.15, -0.1) is 0 Å². The number of rotatable bonds is 6. The zero-order valence-corrected chi connectivity index (χ0v) is 17.4. The zero-order valence-electron chi connectivity index (χ0n) is 17.4. The summed E-state index contributed by atoms with van der Waals surface area (Å²) in [5.74, 6) is 0.0135. The highest BCUT2D eigenvalue weighted by atomic mass is 16.4. The summed E-state index contributed by atoms with van der Waals surface area (Å²) < 4.78 is 2.20. The summed E-state index contributed by atoms with van der Waals surface area (Å²) >= 11 is 0. The van der Waals surface area contributed by atoms with Crippen molar-refractivity contribution in [2.45, 2.75) is 40.2 Å². The molecule has 2 heterocycles. The molecule has 0 amide bonds. The Morgan fingerprint density at radius 3 is 2.30 bits per heavy atom. The van der Waals surface area contributed by atoms with E-state index >= 15 is 0 Å². The minimum Gasteiger partial charge on any atom is -0.478 e. The van der Waals surface area contributed by atoms with Crippen molar-refractivity contribution in [3.8, 4) is 11.1 Å². The van der Waals surface area contributed by atoms with Gasteiger partial charge >= 0.3 is 5.97 Å². The van der Waals surface area contributed by atoms with Crippen LogP contribution >= 0.6 is 0 Å². The molecule has 0 spiro atoms. The predicted octanol–water partition coefficient (Wildman–Crippen LogP) is 4.67. The number of aromatic nitrogens is 4. The molecule has 6 nitrogen and oxygen atoms in total. The summed E-state index contributed by atoms with van der Waals surface area (Å²) in [6, 6.07) is 15.1. The summed E-state index contributed by atoms with van der Waals surface area (Å²) in [7, 11) is 0. The lowest BCUT2D eigenvalue weighted by atomic mass is 9.99. The van der Waals surface area contributed by atoms with Gasteiger partial charge in [-0.2, -0.15) is 10.2 Å². The highest BCUT2D eigenvalue weighted by molar-refractivity contribution is 5.96. The number of aryl methyl sites for hydroxylation is 3. The Morgan fingerprint density at radius 1 is 0.967 bits per heavy atom. The number of hydrogen-bond acceptors (Lipinski definition) is 4. The Kier molecular flexibility index (Phi) is 5.31. The van der Waals surface area contributed by atoms with Crippen molar-refractivity contribution >= 4 is 17.0 Å². The molecule has 0 saturated carbocycles. The number of aromatic carboxylic acids is 1. The van der Waals surface area contributed by atoms with E-state index in [2.05, 4.69) is 28.6 Å². The third-order valence-electron chi connectivity index (χ3n) is 5.43. The molecule has 4 aromatic rings. The topological polar surface area (TPSA) is 80.9 Å². The lowest BCUT2D eigenvalue weighted by Crippen LogP contribution is -2.06. The highest BCUT2D eigenvalue weighted by Gasteiger charge is 2.17. The minimum atomic E-state index is -0.921. The van der Waals surface area contributed by atoms with E-state index in [0.717, 1.165) is 57.8 Å². The van der Waals surface area contributed by atoms with E-state index in [1.165, 1.54) is 0 Å².